The van der Waals surface area contributed by atoms with Gasteiger partial charge < -0.3 is 29.4 Å². The molecule has 1 aliphatic carbocycles. The Morgan fingerprint density at radius 2 is 1.55 bits per heavy atom. The summed E-state index contributed by atoms with van der Waals surface area (Å²) in [5.74, 6) is 2.61. The van der Waals surface area contributed by atoms with Crippen LogP contribution in [0.15, 0.2) is 66.7 Å². The lowest BCUT2D eigenvalue weighted by Crippen LogP contribution is -2.35. The molecule has 1 fully saturated rings. The third-order valence-electron chi connectivity index (χ3n) is 7.00. The summed E-state index contributed by atoms with van der Waals surface area (Å²) in [7, 11) is 0. The number of nitrogens with one attached hydrogen (secondary N) is 1. The van der Waals surface area contributed by atoms with Crippen LogP contribution in [0.5, 0.6) is 23.0 Å². The Kier molecular flexibility index (Phi) is 8.72. The molecular weight excluding hydrogens is 506 g/mol. The lowest BCUT2D eigenvalue weighted by molar-refractivity contribution is -0.135. The maximum Gasteiger partial charge on any atom is 0.314 e. The van der Waals surface area contributed by atoms with Crippen LogP contribution in [-0.4, -0.2) is 43.2 Å². The number of rotatable bonds is 12. The first-order chi connectivity index (χ1) is 19.4. The first kappa shape index (κ1) is 27.7. The van der Waals surface area contributed by atoms with Crippen LogP contribution in [0.2, 0.25) is 0 Å². The first-order valence-corrected chi connectivity index (χ1v) is 14.0. The average molecular weight is 544 g/mol. The fraction of sp³-hybridized carbons (Fsp3) is 0.364. The van der Waals surface area contributed by atoms with E-state index in [2.05, 4.69) is 18.3 Å². The van der Waals surface area contributed by atoms with E-state index in [4.69, 9.17) is 18.9 Å². The third kappa shape index (κ3) is 6.84. The number of ether oxygens (including phenoxy) is 4. The Morgan fingerprint density at radius 1 is 0.925 bits per heavy atom. The van der Waals surface area contributed by atoms with Crippen molar-refractivity contribution in [2.75, 3.05) is 19.9 Å². The van der Waals surface area contributed by atoms with Gasteiger partial charge in [0.15, 0.2) is 11.5 Å². The van der Waals surface area contributed by atoms with Gasteiger partial charge in [0, 0.05) is 12.6 Å². The zero-order valence-electron chi connectivity index (χ0n) is 23.3. The average Bonchev–Trinajstić information content (AvgIpc) is 3.72. The molecule has 1 atom stereocenters. The second-order valence-electron chi connectivity index (χ2n) is 10.5. The van der Waals surface area contributed by atoms with Crippen LogP contribution in [0.1, 0.15) is 56.7 Å². The fourth-order valence-electron chi connectivity index (χ4n) is 4.67. The Balaban J connectivity index is 1.44. The summed E-state index contributed by atoms with van der Waals surface area (Å²) in [5.41, 5.74) is 5.28. The second-order valence-corrected chi connectivity index (χ2v) is 10.5. The van der Waals surface area contributed by atoms with Gasteiger partial charge in [-0.3, -0.25) is 4.79 Å². The van der Waals surface area contributed by atoms with Crippen LogP contribution in [-0.2, 0) is 4.79 Å². The highest BCUT2D eigenvalue weighted by Crippen LogP contribution is 2.40. The molecule has 2 N–H and O–H groups in total. The van der Waals surface area contributed by atoms with Crippen LogP contribution in [0.25, 0.3) is 11.1 Å². The Labute approximate surface area is 235 Å². The predicted molar refractivity (Wildman–Crippen MR) is 155 cm³/mol. The smallest absolute Gasteiger partial charge is 0.314 e. The topological polar surface area (TPSA) is 86.2 Å². The van der Waals surface area contributed by atoms with Crippen molar-refractivity contribution in [3.8, 4) is 23.0 Å². The predicted octanol–water partition coefficient (Wildman–Crippen LogP) is 5.84. The minimum absolute atomic E-state index is 0.0427. The van der Waals surface area contributed by atoms with E-state index in [-0.39, 0.29) is 25.3 Å². The quantitative estimate of drug-likeness (QED) is 0.169. The van der Waals surface area contributed by atoms with Crippen LogP contribution in [0.4, 0.5) is 0 Å². The Morgan fingerprint density at radius 3 is 2.17 bits per heavy atom. The van der Waals surface area contributed by atoms with E-state index in [1.54, 1.807) is 0 Å². The fourth-order valence-corrected chi connectivity index (χ4v) is 4.67. The highest BCUT2D eigenvalue weighted by atomic mass is 16.7. The van der Waals surface area contributed by atoms with Gasteiger partial charge in [0.1, 0.15) is 24.2 Å². The highest BCUT2D eigenvalue weighted by molar-refractivity contribution is 5.99. The second kappa shape index (κ2) is 12.6. The molecule has 210 valence electrons. The van der Waals surface area contributed by atoms with Crippen molar-refractivity contribution in [1.29, 1.82) is 0 Å². The van der Waals surface area contributed by atoms with Crippen LogP contribution in [0, 0.1) is 5.92 Å². The number of hydrogen-bond acceptors (Lipinski definition) is 7. The van der Waals surface area contributed by atoms with Crippen LogP contribution in [0.3, 0.4) is 0 Å². The molecule has 5 rings (SSSR count). The molecule has 1 saturated carbocycles. The van der Waals surface area contributed by atoms with Gasteiger partial charge in [0.25, 0.3) is 0 Å². The standard InChI is InChI=1S/C33H37NO6/c1-4-29(25-11-16-30-31(17-25)39-20-38-30)32(23-9-14-28(15-10-23)40-33(36)24-5-6-24)22-7-12-27(13-8-22)37-19-26(35)18-34-21(2)3/h7-17,21,24,26,34-35H,4-6,18-20H2,1-3H3/b32-29+. The van der Waals surface area contributed by atoms with E-state index < -0.39 is 6.10 Å². The van der Waals surface area contributed by atoms with Gasteiger partial charge in [-0.15, -0.1) is 0 Å². The molecule has 7 heteroatoms. The molecule has 3 aromatic rings. The minimum Gasteiger partial charge on any atom is -0.491 e. The number of carbonyl (C=O) groups excluding carboxylic acids is 1. The number of aliphatic hydroxyl groups is 1. The number of carbonyl (C=O) groups is 1. The molecule has 0 aromatic heterocycles. The summed E-state index contributed by atoms with van der Waals surface area (Å²) in [6, 6.07) is 22.0. The van der Waals surface area contributed by atoms with Crippen molar-refractivity contribution in [2.45, 2.75) is 52.2 Å². The summed E-state index contributed by atoms with van der Waals surface area (Å²) in [6.45, 7) is 7.13. The number of allylic oxidation sites excluding steroid dienone is 1. The van der Waals surface area contributed by atoms with E-state index in [9.17, 15) is 9.90 Å². The zero-order valence-corrected chi connectivity index (χ0v) is 23.3. The van der Waals surface area contributed by atoms with Crippen LogP contribution >= 0.6 is 0 Å². The molecule has 0 saturated heterocycles. The maximum absolute atomic E-state index is 12.2. The minimum atomic E-state index is -0.595. The van der Waals surface area contributed by atoms with Gasteiger partial charge in [-0.1, -0.05) is 51.1 Å². The highest BCUT2D eigenvalue weighted by Gasteiger charge is 2.31. The van der Waals surface area contributed by atoms with Crippen molar-refractivity contribution in [1.82, 2.24) is 5.32 Å². The van der Waals surface area contributed by atoms with Gasteiger partial charge in [0.05, 0.1) is 5.92 Å². The molecule has 0 amide bonds. The van der Waals surface area contributed by atoms with Gasteiger partial charge in [0.2, 0.25) is 6.79 Å². The molecule has 40 heavy (non-hydrogen) atoms. The largest absolute Gasteiger partial charge is 0.491 e. The third-order valence-corrected chi connectivity index (χ3v) is 7.00. The number of benzene rings is 3. The molecule has 1 aliphatic heterocycles. The molecular formula is C33H37NO6. The molecule has 7 nitrogen and oxygen atoms in total. The number of esters is 1. The molecule has 1 unspecified atom stereocenters. The molecule has 0 spiro atoms. The summed E-state index contributed by atoms with van der Waals surface area (Å²) < 4.78 is 22.6. The van der Waals surface area contributed by atoms with E-state index in [0.717, 1.165) is 58.6 Å². The summed E-state index contributed by atoms with van der Waals surface area (Å²) in [5, 5.41) is 13.4. The molecule has 0 radical (unpaired) electrons. The number of aliphatic hydroxyl groups excluding tert-OH is 1. The zero-order chi connectivity index (χ0) is 28.1. The van der Waals surface area contributed by atoms with E-state index in [1.165, 1.54) is 0 Å². The molecule has 3 aromatic carbocycles. The van der Waals surface area contributed by atoms with E-state index in [0.29, 0.717) is 24.1 Å². The Hall–Kier alpha value is -3.81. The molecule has 2 aliphatic rings. The van der Waals surface area contributed by atoms with E-state index >= 15 is 0 Å². The van der Waals surface area contributed by atoms with Crippen LogP contribution < -0.4 is 24.3 Å². The SMILES string of the molecule is CC/C(=C(/c1ccc(OCC(O)CNC(C)C)cc1)c1ccc(OC(=O)C2CC2)cc1)c1ccc2c(c1)OCO2. The monoisotopic (exact) mass is 543 g/mol. The number of hydrogen-bond donors (Lipinski definition) is 2. The van der Waals surface area contributed by atoms with Crippen molar-refractivity contribution in [3.05, 3.63) is 83.4 Å². The van der Waals surface area contributed by atoms with Gasteiger partial charge in [-0.25, -0.2) is 0 Å². The van der Waals surface area contributed by atoms with Crippen molar-refractivity contribution in [3.63, 3.8) is 0 Å². The van der Waals surface area contributed by atoms with Gasteiger partial charge >= 0.3 is 5.97 Å². The summed E-state index contributed by atoms with van der Waals surface area (Å²) in [6.07, 6.45) is 2.00. The summed E-state index contributed by atoms with van der Waals surface area (Å²) in [4.78, 5) is 12.2. The van der Waals surface area contributed by atoms with E-state index in [1.807, 2.05) is 74.5 Å². The first-order valence-electron chi connectivity index (χ1n) is 14.0. The number of fused-ring (bicyclic) bond motifs is 1. The van der Waals surface area contributed by atoms with Crippen molar-refractivity contribution < 1.29 is 28.8 Å². The van der Waals surface area contributed by atoms with Crippen molar-refractivity contribution >= 4 is 17.1 Å². The maximum atomic E-state index is 12.2. The lowest BCUT2D eigenvalue weighted by atomic mass is 9.88. The molecule has 0 bridgehead atoms. The Bertz CT molecular complexity index is 1340. The van der Waals surface area contributed by atoms with Gasteiger partial charge in [-0.2, -0.15) is 0 Å². The summed E-state index contributed by atoms with van der Waals surface area (Å²) >= 11 is 0. The van der Waals surface area contributed by atoms with Gasteiger partial charge in [-0.05, 0) is 83.5 Å². The van der Waals surface area contributed by atoms with Crippen molar-refractivity contribution in [2.24, 2.45) is 5.92 Å². The lowest BCUT2D eigenvalue weighted by Gasteiger charge is -2.18. The normalized spacial score (nSPS) is 15.5. The molecule has 1 heterocycles.